The SMILES string of the molecule is NCCNc1cnc(C2CCC2)nc1-c1ccccc1. The zero-order valence-corrected chi connectivity index (χ0v) is 11.5. The number of hydrogen-bond donors (Lipinski definition) is 2. The molecule has 1 aliphatic carbocycles. The molecule has 2 aromatic rings. The van der Waals surface area contributed by atoms with Crippen molar-refractivity contribution in [2.75, 3.05) is 18.4 Å². The number of rotatable bonds is 5. The quantitative estimate of drug-likeness (QED) is 0.875. The summed E-state index contributed by atoms with van der Waals surface area (Å²) in [4.78, 5) is 9.33. The largest absolute Gasteiger partial charge is 0.381 e. The number of nitrogens with two attached hydrogens (primary N) is 1. The van der Waals surface area contributed by atoms with Crippen molar-refractivity contribution in [2.45, 2.75) is 25.2 Å². The Morgan fingerprint density at radius 3 is 2.65 bits per heavy atom. The highest BCUT2D eigenvalue weighted by molar-refractivity contribution is 5.73. The van der Waals surface area contributed by atoms with E-state index in [2.05, 4.69) is 22.4 Å². The lowest BCUT2D eigenvalue weighted by atomic mass is 9.85. The average molecular weight is 268 g/mol. The lowest BCUT2D eigenvalue weighted by Gasteiger charge is -2.24. The maximum Gasteiger partial charge on any atom is 0.132 e. The molecule has 1 aromatic carbocycles. The molecule has 1 fully saturated rings. The van der Waals surface area contributed by atoms with E-state index in [4.69, 9.17) is 10.7 Å². The summed E-state index contributed by atoms with van der Waals surface area (Å²) >= 11 is 0. The Morgan fingerprint density at radius 1 is 1.20 bits per heavy atom. The second-order valence-corrected chi connectivity index (χ2v) is 5.20. The van der Waals surface area contributed by atoms with Gasteiger partial charge in [-0.15, -0.1) is 0 Å². The first-order valence-electron chi connectivity index (χ1n) is 7.25. The minimum absolute atomic E-state index is 0.543. The van der Waals surface area contributed by atoms with Crippen LogP contribution in [0.5, 0.6) is 0 Å². The summed E-state index contributed by atoms with van der Waals surface area (Å²) in [5, 5.41) is 3.31. The van der Waals surface area contributed by atoms with Crippen molar-refractivity contribution in [3.05, 3.63) is 42.4 Å². The molecule has 0 bridgehead atoms. The van der Waals surface area contributed by atoms with Crippen LogP contribution in [0.1, 0.15) is 31.0 Å². The first kappa shape index (κ1) is 13.1. The van der Waals surface area contributed by atoms with Crippen LogP contribution >= 0.6 is 0 Å². The number of hydrogen-bond acceptors (Lipinski definition) is 4. The van der Waals surface area contributed by atoms with Crippen LogP contribution in [0.15, 0.2) is 36.5 Å². The fourth-order valence-electron chi connectivity index (χ4n) is 2.41. The molecule has 0 atom stereocenters. The van der Waals surface area contributed by atoms with Gasteiger partial charge in [0.2, 0.25) is 0 Å². The molecule has 20 heavy (non-hydrogen) atoms. The van der Waals surface area contributed by atoms with E-state index in [0.29, 0.717) is 12.5 Å². The van der Waals surface area contributed by atoms with E-state index in [1.807, 2.05) is 24.4 Å². The molecule has 0 amide bonds. The van der Waals surface area contributed by atoms with Crippen molar-refractivity contribution in [2.24, 2.45) is 5.73 Å². The summed E-state index contributed by atoms with van der Waals surface area (Å²) in [5.74, 6) is 1.52. The van der Waals surface area contributed by atoms with E-state index < -0.39 is 0 Å². The highest BCUT2D eigenvalue weighted by Gasteiger charge is 2.23. The summed E-state index contributed by atoms with van der Waals surface area (Å²) in [6, 6.07) is 10.3. The third-order valence-corrected chi connectivity index (χ3v) is 3.78. The van der Waals surface area contributed by atoms with Gasteiger partial charge in [0.1, 0.15) is 5.82 Å². The third-order valence-electron chi connectivity index (χ3n) is 3.78. The van der Waals surface area contributed by atoms with Crippen LogP contribution < -0.4 is 11.1 Å². The first-order chi connectivity index (χ1) is 9.88. The van der Waals surface area contributed by atoms with Crippen molar-refractivity contribution in [3.63, 3.8) is 0 Å². The first-order valence-corrected chi connectivity index (χ1v) is 7.25. The lowest BCUT2D eigenvalue weighted by molar-refractivity contribution is 0.402. The van der Waals surface area contributed by atoms with E-state index in [1.165, 1.54) is 19.3 Å². The summed E-state index contributed by atoms with van der Waals surface area (Å²) in [7, 11) is 0. The van der Waals surface area contributed by atoms with E-state index >= 15 is 0 Å². The normalized spacial score (nSPS) is 14.8. The van der Waals surface area contributed by atoms with E-state index in [-0.39, 0.29) is 0 Å². The second kappa shape index (κ2) is 6.01. The Bertz CT molecular complexity index is 564. The van der Waals surface area contributed by atoms with Crippen LogP contribution in [0.2, 0.25) is 0 Å². The van der Waals surface area contributed by atoms with Gasteiger partial charge in [-0.3, -0.25) is 0 Å². The lowest BCUT2D eigenvalue weighted by Crippen LogP contribution is -2.16. The molecule has 4 heteroatoms. The molecule has 1 heterocycles. The molecule has 1 saturated carbocycles. The molecule has 0 radical (unpaired) electrons. The topological polar surface area (TPSA) is 63.8 Å². The molecular formula is C16H20N4. The summed E-state index contributed by atoms with van der Waals surface area (Å²) in [5.41, 5.74) is 8.64. The minimum Gasteiger partial charge on any atom is -0.381 e. The van der Waals surface area contributed by atoms with Crippen molar-refractivity contribution in [1.29, 1.82) is 0 Å². The number of benzene rings is 1. The molecule has 3 rings (SSSR count). The van der Waals surface area contributed by atoms with Gasteiger partial charge in [-0.1, -0.05) is 36.8 Å². The van der Waals surface area contributed by atoms with E-state index in [1.54, 1.807) is 0 Å². The maximum atomic E-state index is 5.57. The Labute approximate surface area is 119 Å². The molecular weight excluding hydrogens is 248 g/mol. The van der Waals surface area contributed by atoms with Crippen LogP contribution in [0.25, 0.3) is 11.3 Å². The number of anilines is 1. The predicted octanol–water partition coefficient (Wildman–Crippen LogP) is 2.78. The fraction of sp³-hybridized carbons (Fsp3) is 0.375. The zero-order chi connectivity index (χ0) is 13.8. The van der Waals surface area contributed by atoms with Crippen LogP contribution in [-0.2, 0) is 0 Å². The standard InChI is InChI=1S/C16H20N4/c17-9-10-18-14-11-19-16(13-7-4-8-13)20-15(14)12-5-2-1-3-6-12/h1-3,5-6,11,13,18H,4,7-10,17H2. The summed E-state index contributed by atoms with van der Waals surface area (Å²) in [6.07, 6.45) is 5.62. The molecule has 4 nitrogen and oxygen atoms in total. The minimum atomic E-state index is 0.543. The van der Waals surface area contributed by atoms with Crippen molar-refractivity contribution >= 4 is 5.69 Å². The highest BCUT2D eigenvalue weighted by atomic mass is 15.0. The molecule has 0 spiro atoms. The average Bonchev–Trinajstić information content (AvgIpc) is 2.45. The van der Waals surface area contributed by atoms with E-state index in [0.717, 1.165) is 29.3 Å². The Hall–Kier alpha value is -1.94. The molecule has 3 N–H and O–H groups in total. The van der Waals surface area contributed by atoms with Crippen LogP contribution in [0, 0.1) is 0 Å². The molecule has 0 saturated heterocycles. The van der Waals surface area contributed by atoms with Gasteiger partial charge in [-0.2, -0.15) is 0 Å². The van der Waals surface area contributed by atoms with Gasteiger partial charge in [0.15, 0.2) is 0 Å². The van der Waals surface area contributed by atoms with Crippen LogP contribution in [0.3, 0.4) is 0 Å². The van der Waals surface area contributed by atoms with Crippen LogP contribution in [-0.4, -0.2) is 23.1 Å². The Kier molecular flexibility index (Phi) is 3.92. The second-order valence-electron chi connectivity index (χ2n) is 5.20. The van der Waals surface area contributed by atoms with Gasteiger partial charge < -0.3 is 11.1 Å². The molecule has 0 aliphatic heterocycles. The van der Waals surface area contributed by atoms with Gasteiger partial charge >= 0.3 is 0 Å². The van der Waals surface area contributed by atoms with Gasteiger partial charge in [0.25, 0.3) is 0 Å². The molecule has 1 aromatic heterocycles. The third kappa shape index (κ3) is 2.65. The highest BCUT2D eigenvalue weighted by Crippen LogP contribution is 2.36. The monoisotopic (exact) mass is 268 g/mol. The summed E-state index contributed by atoms with van der Waals surface area (Å²) < 4.78 is 0. The molecule has 1 aliphatic rings. The number of nitrogens with zero attached hydrogens (tertiary/aromatic N) is 2. The van der Waals surface area contributed by atoms with Crippen molar-refractivity contribution in [3.8, 4) is 11.3 Å². The number of nitrogens with one attached hydrogen (secondary N) is 1. The van der Waals surface area contributed by atoms with Crippen molar-refractivity contribution < 1.29 is 0 Å². The summed E-state index contributed by atoms with van der Waals surface area (Å²) in [6.45, 7) is 1.32. The molecule has 0 unspecified atom stereocenters. The number of aromatic nitrogens is 2. The Balaban J connectivity index is 1.97. The zero-order valence-electron chi connectivity index (χ0n) is 11.5. The van der Waals surface area contributed by atoms with Crippen molar-refractivity contribution in [1.82, 2.24) is 9.97 Å². The van der Waals surface area contributed by atoms with Gasteiger partial charge in [0.05, 0.1) is 17.6 Å². The fourth-order valence-corrected chi connectivity index (χ4v) is 2.41. The van der Waals surface area contributed by atoms with Crippen LogP contribution in [0.4, 0.5) is 5.69 Å². The van der Waals surface area contributed by atoms with Gasteiger partial charge in [-0.05, 0) is 12.8 Å². The maximum absolute atomic E-state index is 5.57. The molecule has 104 valence electrons. The Morgan fingerprint density at radius 2 is 2.00 bits per heavy atom. The predicted molar refractivity (Wildman–Crippen MR) is 81.6 cm³/mol. The van der Waals surface area contributed by atoms with E-state index in [9.17, 15) is 0 Å². The van der Waals surface area contributed by atoms with Gasteiger partial charge in [-0.25, -0.2) is 9.97 Å². The van der Waals surface area contributed by atoms with Gasteiger partial charge in [0, 0.05) is 24.6 Å². The smallest absolute Gasteiger partial charge is 0.132 e.